The standard InChI is InChI=1S/C33H35NO8S.C5H11NO2/c1-15(2)12-23(35)24-27(36)19-10-8-17(13-21(19)29(24)38)43-18-9-11-20-22(14-18)30(39)25(28(20)37)31(40)26(16(3)4)34-32(41)42-33(5,6)7;1-5(2,3)8-4(6)7/h8-11,13-16,24-26H,12H2,1-7H3,(H,34,41);1-3H3,(H2,6,7). The third-order valence-corrected chi connectivity index (χ3v) is 8.58. The average Bonchev–Trinajstić information content (AvgIpc) is 3.36. The molecule has 0 aromatic heterocycles. The van der Waals surface area contributed by atoms with Gasteiger partial charge in [0.15, 0.2) is 34.7 Å². The third kappa shape index (κ3) is 10.2. The van der Waals surface area contributed by atoms with Gasteiger partial charge in [0.05, 0.1) is 6.04 Å². The number of ether oxygens (including phenoxy) is 2. The summed E-state index contributed by atoms with van der Waals surface area (Å²) in [5.74, 6) is -6.65. The van der Waals surface area contributed by atoms with E-state index in [9.17, 15) is 38.4 Å². The van der Waals surface area contributed by atoms with Gasteiger partial charge in [-0.1, -0.05) is 39.5 Å². The lowest BCUT2D eigenvalue weighted by Crippen LogP contribution is -2.50. The summed E-state index contributed by atoms with van der Waals surface area (Å²) in [6, 6.07) is 8.28. The van der Waals surface area contributed by atoms with Crippen molar-refractivity contribution in [2.45, 2.75) is 103 Å². The van der Waals surface area contributed by atoms with Gasteiger partial charge >= 0.3 is 12.2 Å². The first-order chi connectivity index (χ1) is 23.4. The largest absolute Gasteiger partial charge is 0.444 e. The van der Waals surface area contributed by atoms with Crippen LogP contribution >= 0.6 is 11.8 Å². The number of carbonyl (C=O) groups is 8. The van der Waals surface area contributed by atoms with E-state index in [1.54, 1.807) is 73.6 Å². The van der Waals surface area contributed by atoms with Crippen LogP contribution in [0.15, 0.2) is 46.2 Å². The molecule has 2 amide bonds. The van der Waals surface area contributed by atoms with Gasteiger partial charge in [-0.05, 0) is 89.8 Å². The quantitative estimate of drug-likeness (QED) is 0.271. The van der Waals surface area contributed by atoms with Crippen LogP contribution in [0.1, 0.15) is 117 Å². The SMILES string of the molecule is CC(C)(C)OC(N)=O.CC(C)CC(=O)C1C(=O)c2ccc(Sc3ccc4c(c3)C(=O)C(C(=O)C(NC(=O)OC(C)(C)C)C(C)C)C4=O)cc2C1=O. The zero-order valence-electron chi connectivity index (χ0n) is 30.6. The van der Waals surface area contributed by atoms with E-state index < -0.39 is 76.1 Å². The molecule has 0 spiro atoms. The summed E-state index contributed by atoms with van der Waals surface area (Å²) in [4.78, 5) is 102. The van der Waals surface area contributed by atoms with Crippen molar-refractivity contribution in [1.82, 2.24) is 5.32 Å². The number of amides is 2. The lowest BCUT2D eigenvalue weighted by atomic mass is 9.88. The zero-order valence-corrected chi connectivity index (χ0v) is 31.4. The molecule has 4 rings (SSSR count). The first kappa shape index (κ1) is 40.8. The highest BCUT2D eigenvalue weighted by molar-refractivity contribution is 7.99. The fraction of sp³-hybridized carbons (Fsp3) is 0.474. The molecular weight excluding hydrogens is 676 g/mol. The molecule has 0 bridgehead atoms. The molecular formula is C38H46N2O10S. The van der Waals surface area contributed by atoms with Gasteiger partial charge in [0.25, 0.3) is 0 Å². The number of carbonyl (C=O) groups excluding carboxylic acids is 8. The number of nitrogens with two attached hydrogens (primary N) is 1. The maximum Gasteiger partial charge on any atom is 0.408 e. The smallest absolute Gasteiger partial charge is 0.408 e. The molecule has 0 fully saturated rings. The van der Waals surface area contributed by atoms with Crippen molar-refractivity contribution in [2.24, 2.45) is 29.4 Å². The number of fused-ring (bicyclic) bond motifs is 2. The van der Waals surface area contributed by atoms with E-state index in [0.717, 1.165) is 0 Å². The molecule has 51 heavy (non-hydrogen) atoms. The Hall–Kier alpha value is -4.65. The van der Waals surface area contributed by atoms with Crippen LogP contribution < -0.4 is 11.1 Å². The van der Waals surface area contributed by atoms with Crippen molar-refractivity contribution in [3.63, 3.8) is 0 Å². The van der Waals surface area contributed by atoms with Gasteiger partial charge in [0, 0.05) is 38.5 Å². The minimum Gasteiger partial charge on any atom is -0.444 e. The van der Waals surface area contributed by atoms with Crippen molar-refractivity contribution in [3.8, 4) is 0 Å². The molecule has 0 aliphatic heterocycles. The maximum atomic E-state index is 13.5. The molecule has 0 radical (unpaired) electrons. The Morgan fingerprint density at radius 3 is 1.53 bits per heavy atom. The molecule has 274 valence electrons. The second-order valence-electron chi connectivity index (χ2n) is 15.2. The van der Waals surface area contributed by atoms with Crippen molar-refractivity contribution in [2.75, 3.05) is 0 Å². The number of hydrogen-bond acceptors (Lipinski definition) is 11. The fourth-order valence-electron chi connectivity index (χ4n) is 5.56. The lowest BCUT2D eigenvalue weighted by molar-refractivity contribution is -0.123. The van der Waals surface area contributed by atoms with Crippen molar-refractivity contribution in [3.05, 3.63) is 58.7 Å². The lowest BCUT2D eigenvalue weighted by Gasteiger charge is -2.26. The number of rotatable bonds is 9. The summed E-state index contributed by atoms with van der Waals surface area (Å²) in [5, 5.41) is 2.52. The van der Waals surface area contributed by atoms with Gasteiger partial charge < -0.3 is 20.5 Å². The Labute approximate surface area is 302 Å². The number of primary amides is 1. The van der Waals surface area contributed by atoms with Gasteiger partial charge in [-0.25, -0.2) is 9.59 Å². The van der Waals surface area contributed by atoms with Crippen LogP contribution in [0, 0.1) is 23.7 Å². The number of benzene rings is 2. The van der Waals surface area contributed by atoms with Crippen LogP contribution in [0.2, 0.25) is 0 Å². The molecule has 0 saturated carbocycles. The van der Waals surface area contributed by atoms with Crippen molar-refractivity contribution >= 4 is 58.6 Å². The molecule has 2 aromatic carbocycles. The Balaban J connectivity index is 0.000000783. The number of nitrogens with one attached hydrogen (secondary N) is 1. The van der Waals surface area contributed by atoms with E-state index in [2.05, 4.69) is 10.1 Å². The second kappa shape index (κ2) is 15.7. The van der Waals surface area contributed by atoms with E-state index in [1.165, 1.54) is 30.0 Å². The highest BCUT2D eigenvalue weighted by Gasteiger charge is 2.47. The number of alkyl carbamates (subject to hydrolysis) is 1. The van der Waals surface area contributed by atoms with E-state index >= 15 is 0 Å². The Morgan fingerprint density at radius 2 is 1.14 bits per heavy atom. The molecule has 3 unspecified atom stereocenters. The Morgan fingerprint density at radius 1 is 0.706 bits per heavy atom. The summed E-state index contributed by atoms with van der Waals surface area (Å²) < 4.78 is 9.84. The summed E-state index contributed by atoms with van der Waals surface area (Å²) in [5.41, 5.74) is 4.08. The summed E-state index contributed by atoms with van der Waals surface area (Å²) >= 11 is 1.21. The highest BCUT2D eigenvalue weighted by Crippen LogP contribution is 2.37. The van der Waals surface area contributed by atoms with Crippen LogP contribution in [0.5, 0.6) is 0 Å². The van der Waals surface area contributed by atoms with Crippen LogP contribution in [-0.2, 0) is 19.1 Å². The van der Waals surface area contributed by atoms with E-state index in [4.69, 9.17) is 10.5 Å². The molecule has 3 N–H and O–H groups in total. The molecule has 2 aliphatic carbocycles. The minimum atomic E-state index is -1.58. The van der Waals surface area contributed by atoms with Crippen LogP contribution in [0.3, 0.4) is 0 Å². The monoisotopic (exact) mass is 722 g/mol. The predicted molar refractivity (Wildman–Crippen MR) is 189 cm³/mol. The summed E-state index contributed by atoms with van der Waals surface area (Å²) in [7, 11) is 0. The molecule has 13 heteroatoms. The van der Waals surface area contributed by atoms with E-state index in [0.29, 0.717) is 9.79 Å². The van der Waals surface area contributed by atoms with E-state index in [-0.39, 0.29) is 40.4 Å². The third-order valence-electron chi connectivity index (χ3n) is 7.60. The zero-order chi connectivity index (χ0) is 38.7. The Kier molecular flexibility index (Phi) is 12.6. The van der Waals surface area contributed by atoms with Gasteiger partial charge in [-0.15, -0.1) is 0 Å². The van der Waals surface area contributed by atoms with Gasteiger partial charge in [-0.2, -0.15) is 0 Å². The molecule has 3 atom stereocenters. The Bertz CT molecular complexity index is 1780. The summed E-state index contributed by atoms with van der Waals surface area (Å²) in [6.45, 7) is 17.4. The molecule has 0 saturated heterocycles. The number of Topliss-reactive ketones (excluding diaryl/α,β-unsaturated/α-hetero) is 6. The van der Waals surface area contributed by atoms with Gasteiger partial charge in [0.1, 0.15) is 23.0 Å². The first-order valence-corrected chi connectivity index (χ1v) is 17.4. The maximum absolute atomic E-state index is 13.5. The van der Waals surface area contributed by atoms with Crippen molar-refractivity contribution < 1.29 is 47.8 Å². The van der Waals surface area contributed by atoms with Crippen LogP contribution in [0.25, 0.3) is 0 Å². The van der Waals surface area contributed by atoms with Crippen LogP contribution in [-0.4, -0.2) is 64.1 Å². The van der Waals surface area contributed by atoms with Gasteiger partial charge in [-0.3, -0.25) is 28.8 Å². The average molecular weight is 723 g/mol. The van der Waals surface area contributed by atoms with E-state index in [1.807, 2.05) is 13.8 Å². The second-order valence-corrected chi connectivity index (χ2v) is 16.4. The molecule has 2 aliphatic rings. The highest BCUT2D eigenvalue weighted by atomic mass is 32.2. The fourth-order valence-corrected chi connectivity index (χ4v) is 6.46. The number of ketones is 6. The van der Waals surface area contributed by atoms with Gasteiger partial charge in [0.2, 0.25) is 0 Å². The van der Waals surface area contributed by atoms with Crippen LogP contribution in [0.4, 0.5) is 9.59 Å². The number of hydrogen-bond donors (Lipinski definition) is 2. The normalized spacial score (nSPS) is 17.4. The first-order valence-electron chi connectivity index (χ1n) is 16.6. The molecule has 2 aromatic rings. The topological polar surface area (TPSA) is 193 Å². The minimum absolute atomic E-state index is 0.0183. The molecule has 12 nitrogen and oxygen atoms in total. The summed E-state index contributed by atoms with van der Waals surface area (Å²) in [6.07, 6.45) is -1.41. The predicted octanol–water partition coefficient (Wildman–Crippen LogP) is 6.44. The van der Waals surface area contributed by atoms with Crippen molar-refractivity contribution in [1.29, 1.82) is 0 Å². The molecule has 0 heterocycles.